The number of carbonyl (C=O) groups is 2. The van der Waals surface area contributed by atoms with Gasteiger partial charge in [-0.2, -0.15) is 0 Å². The van der Waals surface area contributed by atoms with Crippen molar-refractivity contribution in [3.05, 3.63) is 35.1 Å². The molecule has 0 aliphatic carbocycles. The van der Waals surface area contributed by atoms with Crippen LogP contribution in [0.15, 0.2) is 35.1 Å². The molecule has 10 nitrogen and oxygen atoms in total. The summed E-state index contributed by atoms with van der Waals surface area (Å²) in [5.74, 6) is 2.13. The zero-order valence-electron chi connectivity index (χ0n) is 22.9. The molecule has 0 aliphatic heterocycles. The highest BCUT2D eigenvalue weighted by Gasteiger charge is 2.18. The minimum atomic E-state index is -0.541. The summed E-state index contributed by atoms with van der Waals surface area (Å²) in [5, 5.41) is 5.13. The Morgan fingerprint density at radius 1 is 0.838 bits per heavy atom. The van der Waals surface area contributed by atoms with Crippen LogP contribution in [-0.4, -0.2) is 46.6 Å². The van der Waals surface area contributed by atoms with Gasteiger partial charge in [-0.15, -0.1) is 0 Å². The summed E-state index contributed by atoms with van der Waals surface area (Å²) >= 11 is 3.34. The maximum atomic E-state index is 11.6. The van der Waals surface area contributed by atoms with Crippen LogP contribution in [0.5, 0.6) is 11.5 Å². The van der Waals surface area contributed by atoms with Crippen molar-refractivity contribution in [2.75, 3.05) is 23.8 Å². The number of aromatic nitrogens is 2. The number of nitrogens with one attached hydrogen (secondary N) is 2. The lowest BCUT2D eigenvalue weighted by molar-refractivity contribution is 0.0624. The second kappa shape index (κ2) is 15.2. The smallest absolute Gasteiger partial charge is 0.413 e. The maximum Gasteiger partial charge on any atom is 0.413 e. The van der Waals surface area contributed by atoms with Crippen LogP contribution in [0, 0.1) is 0 Å². The van der Waals surface area contributed by atoms with Crippen molar-refractivity contribution in [2.24, 2.45) is 0 Å². The highest BCUT2D eigenvalue weighted by atomic mass is 79.9. The third-order valence-electron chi connectivity index (χ3n) is 3.74. The quantitative estimate of drug-likeness (QED) is 0.335. The standard InChI is InChI=1S/C13H19BrN2O3.C13H20N2O3/c1-5-6-18-10-7-11(15-8-9(10)14)16-12(17)19-13(2,3)4;1-5-8-17-10-6-7-14-11(9-10)15-12(16)18-13(2,3)4/h7-8H,5-6H2,1-4H3,(H,15,16,17);6-7,9H,5,8H2,1-4H3,(H,14,15,16). The van der Waals surface area contributed by atoms with Gasteiger partial charge in [0.1, 0.15) is 34.3 Å². The average molecular weight is 584 g/mol. The van der Waals surface area contributed by atoms with Crippen molar-refractivity contribution < 1.29 is 28.5 Å². The van der Waals surface area contributed by atoms with Crippen molar-refractivity contribution in [3.63, 3.8) is 0 Å². The molecule has 0 unspecified atom stereocenters. The van der Waals surface area contributed by atoms with E-state index in [9.17, 15) is 9.59 Å². The first-order chi connectivity index (χ1) is 17.2. The molecule has 0 saturated heterocycles. The third-order valence-corrected chi connectivity index (χ3v) is 4.34. The summed E-state index contributed by atoms with van der Waals surface area (Å²) in [4.78, 5) is 31.3. The first kappa shape index (κ1) is 31.9. The van der Waals surface area contributed by atoms with Crippen molar-refractivity contribution in [2.45, 2.75) is 79.4 Å². The van der Waals surface area contributed by atoms with Crippen LogP contribution in [-0.2, 0) is 9.47 Å². The number of hydrogen-bond acceptors (Lipinski definition) is 8. The van der Waals surface area contributed by atoms with Gasteiger partial charge in [0.2, 0.25) is 0 Å². The Morgan fingerprint density at radius 3 is 1.86 bits per heavy atom. The fourth-order valence-electron chi connectivity index (χ4n) is 2.42. The van der Waals surface area contributed by atoms with Crippen LogP contribution in [0.2, 0.25) is 0 Å². The zero-order chi connectivity index (χ0) is 28.1. The molecule has 0 radical (unpaired) electrons. The Hall–Kier alpha value is -3.08. The summed E-state index contributed by atoms with van der Waals surface area (Å²) in [6.07, 6.45) is 3.93. The van der Waals surface area contributed by atoms with Crippen LogP contribution in [0.1, 0.15) is 68.2 Å². The molecule has 2 rings (SSSR count). The number of carbonyl (C=O) groups excluding carboxylic acids is 2. The summed E-state index contributed by atoms with van der Waals surface area (Å²) in [6, 6.07) is 5.07. The van der Waals surface area contributed by atoms with E-state index < -0.39 is 23.4 Å². The lowest BCUT2D eigenvalue weighted by atomic mass is 10.2. The molecule has 2 aromatic rings. The van der Waals surface area contributed by atoms with Gasteiger partial charge in [-0.25, -0.2) is 19.6 Å². The van der Waals surface area contributed by atoms with Crippen LogP contribution in [0.4, 0.5) is 21.2 Å². The van der Waals surface area contributed by atoms with E-state index >= 15 is 0 Å². The van der Waals surface area contributed by atoms with Gasteiger partial charge in [-0.1, -0.05) is 13.8 Å². The molecule has 0 atom stereocenters. The number of nitrogens with zero attached hydrogens (tertiary/aromatic N) is 2. The predicted octanol–water partition coefficient (Wildman–Crippen LogP) is 7.20. The molecule has 11 heteroatoms. The van der Waals surface area contributed by atoms with E-state index in [4.69, 9.17) is 18.9 Å². The number of anilines is 2. The molecule has 0 saturated carbocycles. The van der Waals surface area contributed by atoms with Crippen LogP contribution in [0.3, 0.4) is 0 Å². The van der Waals surface area contributed by atoms with Crippen LogP contribution in [0.25, 0.3) is 0 Å². The summed E-state index contributed by atoms with van der Waals surface area (Å²) < 4.78 is 22.0. The Labute approximate surface area is 228 Å². The van der Waals surface area contributed by atoms with E-state index in [1.54, 1.807) is 72.1 Å². The molecule has 0 bridgehead atoms. The highest BCUT2D eigenvalue weighted by Crippen LogP contribution is 2.26. The SMILES string of the molecule is CCCOc1cc(NC(=O)OC(C)(C)C)ncc1Br.CCCOc1ccnc(NC(=O)OC(C)(C)C)c1. The topological polar surface area (TPSA) is 121 Å². The van der Waals surface area contributed by atoms with E-state index in [1.165, 1.54) is 0 Å². The zero-order valence-corrected chi connectivity index (χ0v) is 24.5. The molecule has 2 aromatic heterocycles. The van der Waals surface area contributed by atoms with Gasteiger partial charge < -0.3 is 18.9 Å². The Balaban J connectivity index is 0.000000371. The summed E-state index contributed by atoms with van der Waals surface area (Å²) in [5.41, 5.74) is -1.07. The van der Waals surface area contributed by atoms with E-state index in [1.807, 2.05) is 13.8 Å². The molecule has 2 heterocycles. The van der Waals surface area contributed by atoms with E-state index in [0.717, 1.165) is 17.3 Å². The first-order valence-electron chi connectivity index (χ1n) is 12.1. The lowest BCUT2D eigenvalue weighted by Crippen LogP contribution is -2.27. The minimum absolute atomic E-state index is 0.392. The molecular weight excluding hydrogens is 544 g/mol. The Kier molecular flexibility index (Phi) is 13.2. The molecule has 0 spiro atoms. The molecule has 0 aromatic carbocycles. The van der Waals surface area contributed by atoms with Crippen LogP contribution >= 0.6 is 15.9 Å². The highest BCUT2D eigenvalue weighted by molar-refractivity contribution is 9.10. The fourth-order valence-corrected chi connectivity index (χ4v) is 2.75. The van der Waals surface area contributed by atoms with Gasteiger partial charge in [0.05, 0.1) is 17.7 Å². The number of rotatable bonds is 8. The largest absolute Gasteiger partial charge is 0.493 e. The number of amides is 2. The first-order valence-corrected chi connectivity index (χ1v) is 12.9. The van der Waals surface area contributed by atoms with Crippen LogP contribution < -0.4 is 20.1 Å². The number of ether oxygens (including phenoxy) is 4. The molecule has 2 amide bonds. The molecule has 206 valence electrons. The van der Waals surface area contributed by atoms with Gasteiger partial charge in [0.15, 0.2) is 0 Å². The van der Waals surface area contributed by atoms with Gasteiger partial charge in [-0.05, 0) is 76.4 Å². The second-order valence-electron chi connectivity index (χ2n) is 9.83. The summed E-state index contributed by atoms with van der Waals surface area (Å²) in [6.45, 7) is 16.1. The van der Waals surface area contributed by atoms with E-state index in [2.05, 4.69) is 36.5 Å². The lowest BCUT2D eigenvalue weighted by Gasteiger charge is -2.19. The molecule has 37 heavy (non-hydrogen) atoms. The summed E-state index contributed by atoms with van der Waals surface area (Å²) in [7, 11) is 0. The average Bonchev–Trinajstić information content (AvgIpc) is 2.76. The van der Waals surface area contributed by atoms with E-state index in [-0.39, 0.29) is 0 Å². The van der Waals surface area contributed by atoms with Gasteiger partial charge >= 0.3 is 12.2 Å². The van der Waals surface area contributed by atoms with Gasteiger partial charge in [-0.3, -0.25) is 10.6 Å². The Bertz CT molecular complexity index is 1010. The number of halogens is 1. The van der Waals surface area contributed by atoms with Gasteiger partial charge in [0, 0.05) is 24.5 Å². The molecular formula is C26H39BrN4O6. The van der Waals surface area contributed by atoms with Crippen molar-refractivity contribution in [3.8, 4) is 11.5 Å². The number of pyridine rings is 2. The van der Waals surface area contributed by atoms with Crippen molar-refractivity contribution in [1.82, 2.24) is 9.97 Å². The molecule has 0 aliphatic rings. The fraction of sp³-hybridized carbons (Fsp3) is 0.538. The predicted molar refractivity (Wildman–Crippen MR) is 147 cm³/mol. The molecule has 0 fully saturated rings. The van der Waals surface area contributed by atoms with Gasteiger partial charge in [0.25, 0.3) is 0 Å². The third kappa shape index (κ3) is 14.9. The monoisotopic (exact) mass is 582 g/mol. The maximum absolute atomic E-state index is 11.6. The van der Waals surface area contributed by atoms with Crippen molar-refractivity contribution in [1.29, 1.82) is 0 Å². The normalized spacial score (nSPS) is 10.9. The molecule has 2 N–H and O–H groups in total. The Morgan fingerprint density at radius 2 is 1.35 bits per heavy atom. The number of hydrogen-bond donors (Lipinski definition) is 2. The van der Waals surface area contributed by atoms with E-state index in [0.29, 0.717) is 36.3 Å². The minimum Gasteiger partial charge on any atom is -0.493 e. The second-order valence-corrected chi connectivity index (χ2v) is 10.7. The van der Waals surface area contributed by atoms with Crippen molar-refractivity contribution >= 4 is 39.8 Å².